The maximum Gasteiger partial charge on any atom is 0.253 e. The van der Waals surface area contributed by atoms with E-state index < -0.39 is 0 Å². The van der Waals surface area contributed by atoms with Crippen molar-refractivity contribution in [2.75, 3.05) is 42.9 Å². The minimum atomic E-state index is -0.281. The molecule has 34 heavy (non-hydrogen) atoms. The molecule has 1 aliphatic rings. The standard InChI is InChI=1S/C26H28N4O4/c1-19(31)20-8-10-21(11-9-20)30-14-12-29(13-15-30)18-25(32)28-24-7-3-2-6-23(24)26(33)27-17-22-5-4-16-34-22/h2-11,16H,12-15,17-18H2,1H3,(H,27,33)(H,28,32). The maximum absolute atomic E-state index is 12.7. The monoisotopic (exact) mass is 460 g/mol. The molecule has 1 saturated heterocycles. The molecule has 0 atom stereocenters. The maximum atomic E-state index is 12.7. The molecule has 1 fully saturated rings. The number of ketones is 1. The van der Waals surface area contributed by atoms with Crippen LogP contribution in [-0.2, 0) is 11.3 Å². The fourth-order valence-corrected chi connectivity index (χ4v) is 3.93. The molecule has 0 saturated carbocycles. The highest BCUT2D eigenvalue weighted by Crippen LogP contribution is 2.19. The van der Waals surface area contributed by atoms with Crippen molar-refractivity contribution in [2.45, 2.75) is 13.5 Å². The lowest BCUT2D eigenvalue weighted by molar-refractivity contribution is -0.117. The average Bonchev–Trinajstić information content (AvgIpc) is 3.37. The van der Waals surface area contributed by atoms with Gasteiger partial charge in [0.2, 0.25) is 5.91 Å². The molecule has 2 aromatic carbocycles. The first-order chi connectivity index (χ1) is 16.5. The molecule has 1 aromatic heterocycles. The SMILES string of the molecule is CC(=O)c1ccc(N2CCN(CC(=O)Nc3ccccc3C(=O)NCc3ccco3)CC2)cc1. The summed E-state index contributed by atoms with van der Waals surface area (Å²) < 4.78 is 5.24. The van der Waals surface area contributed by atoms with Crippen molar-refractivity contribution >= 4 is 29.0 Å². The Morgan fingerprint density at radius 1 is 0.912 bits per heavy atom. The van der Waals surface area contributed by atoms with Gasteiger partial charge in [-0.15, -0.1) is 0 Å². The number of carbonyl (C=O) groups is 3. The number of nitrogens with one attached hydrogen (secondary N) is 2. The summed E-state index contributed by atoms with van der Waals surface area (Å²) in [4.78, 5) is 41.1. The van der Waals surface area contributed by atoms with Crippen LogP contribution >= 0.6 is 0 Å². The number of hydrogen-bond acceptors (Lipinski definition) is 6. The number of nitrogens with zero attached hydrogens (tertiary/aromatic N) is 2. The highest BCUT2D eigenvalue weighted by Gasteiger charge is 2.20. The van der Waals surface area contributed by atoms with Crippen LogP contribution in [0.15, 0.2) is 71.3 Å². The van der Waals surface area contributed by atoms with Crippen molar-refractivity contribution in [1.82, 2.24) is 10.2 Å². The summed E-state index contributed by atoms with van der Waals surface area (Å²) in [5.74, 6) is 0.269. The number of carbonyl (C=O) groups excluding carboxylic acids is 3. The lowest BCUT2D eigenvalue weighted by atomic mass is 10.1. The van der Waals surface area contributed by atoms with Crippen LogP contribution in [0.3, 0.4) is 0 Å². The first-order valence-corrected chi connectivity index (χ1v) is 11.3. The molecule has 2 N–H and O–H groups in total. The third-order valence-electron chi connectivity index (χ3n) is 5.83. The Balaban J connectivity index is 1.28. The third-order valence-corrected chi connectivity index (χ3v) is 5.83. The molecule has 0 unspecified atom stereocenters. The number of amides is 2. The molecular formula is C26H28N4O4. The van der Waals surface area contributed by atoms with Crippen LogP contribution in [0.25, 0.3) is 0 Å². The second-order valence-electron chi connectivity index (χ2n) is 8.22. The van der Waals surface area contributed by atoms with E-state index in [1.807, 2.05) is 24.3 Å². The van der Waals surface area contributed by atoms with E-state index in [0.29, 0.717) is 22.6 Å². The zero-order chi connectivity index (χ0) is 23.9. The fraction of sp³-hybridized carbons (Fsp3) is 0.269. The first kappa shape index (κ1) is 23.3. The van der Waals surface area contributed by atoms with Crippen LogP contribution in [0.5, 0.6) is 0 Å². The van der Waals surface area contributed by atoms with Crippen molar-refractivity contribution in [3.05, 3.63) is 83.8 Å². The molecule has 4 rings (SSSR count). The second-order valence-corrected chi connectivity index (χ2v) is 8.22. The summed E-state index contributed by atoms with van der Waals surface area (Å²) >= 11 is 0. The van der Waals surface area contributed by atoms with Crippen molar-refractivity contribution in [2.24, 2.45) is 0 Å². The smallest absolute Gasteiger partial charge is 0.253 e. The van der Waals surface area contributed by atoms with Gasteiger partial charge >= 0.3 is 0 Å². The van der Waals surface area contributed by atoms with E-state index in [2.05, 4.69) is 20.4 Å². The van der Waals surface area contributed by atoms with Gasteiger partial charge in [0.15, 0.2) is 5.78 Å². The minimum absolute atomic E-state index is 0.0546. The van der Waals surface area contributed by atoms with Crippen LogP contribution in [0.4, 0.5) is 11.4 Å². The topological polar surface area (TPSA) is 94.9 Å². The summed E-state index contributed by atoms with van der Waals surface area (Å²) in [7, 11) is 0. The number of anilines is 2. The van der Waals surface area contributed by atoms with Crippen molar-refractivity contribution in [3.8, 4) is 0 Å². The molecular weight excluding hydrogens is 432 g/mol. The molecule has 8 nitrogen and oxygen atoms in total. The molecule has 0 bridgehead atoms. The predicted molar refractivity (Wildman–Crippen MR) is 130 cm³/mol. The number of hydrogen-bond donors (Lipinski definition) is 2. The molecule has 0 aliphatic carbocycles. The Morgan fingerprint density at radius 2 is 1.65 bits per heavy atom. The summed E-state index contributed by atoms with van der Waals surface area (Å²) in [5.41, 5.74) is 2.66. The Labute approximate surface area is 198 Å². The highest BCUT2D eigenvalue weighted by molar-refractivity contribution is 6.04. The van der Waals surface area contributed by atoms with E-state index in [4.69, 9.17) is 4.42 Å². The second kappa shape index (κ2) is 10.8. The average molecular weight is 461 g/mol. The summed E-state index contributed by atoms with van der Waals surface area (Å²) in [6.07, 6.45) is 1.56. The molecule has 3 aromatic rings. The van der Waals surface area contributed by atoms with Gasteiger partial charge in [0, 0.05) is 37.4 Å². The third kappa shape index (κ3) is 5.90. The lowest BCUT2D eigenvalue weighted by Crippen LogP contribution is -2.48. The summed E-state index contributed by atoms with van der Waals surface area (Å²) in [5, 5.41) is 5.69. The number of piperazine rings is 1. The number of rotatable bonds is 8. The van der Waals surface area contributed by atoms with E-state index in [-0.39, 0.29) is 30.7 Å². The van der Waals surface area contributed by atoms with Gasteiger partial charge in [-0.3, -0.25) is 19.3 Å². The first-order valence-electron chi connectivity index (χ1n) is 11.3. The molecule has 0 spiro atoms. The van der Waals surface area contributed by atoms with Gasteiger partial charge in [0.25, 0.3) is 5.91 Å². The van der Waals surface area contributed by atoms with Gasteiger partial charge in [0.05, 0.1) is 30.6 Å². The van der Waals surface area contributed by atoms with E-state index in [0.717, 1.165) is 31.9 Å². The van der Waals surface area contributed by atoms with Gasteiger partial charge in [-0.2, -0.15) is 0 Å². The highest BCUT2D eigenvalue weighted by atomic mass is 16.3. The van der Waals surface area contributed by atoms with E-state index in [1.165, 1.54) is 0 Å². The Hall–Kier alpha value is -3.91. The lowest BCUT2D eigenvalue weighted by Gasteiger charge is -2.35. The largest absolute Gasteiger partial charge is 0.467 e. The van der Waals surface area contributed by atoms with Crippen LogP contribution in [-0.4, -0.2) is 55.2 Å². The molecule has 2 amide bonds. The Morgan fingerprint density at radius 3 is 2.32 bits per heavy atom. The van der Waals surface area contributed by atoms with Crippen molar-refractivity contribution in [1.29, 1.82) is 0 Å². The van der Waals surface area contributed by atoms with Crippen LogP contribution in [0.1, 0.15) is 33.4 Å². The van der Waals surface area contributed by atoms with Gasteiger partial charge in [-0.05, 0) is 55.5 Å². The van der Waals surface area contributed by atoms with E-state index in [9.17, 15) is 14.4 Å². The van der Waals surface area contributed by atoms with Crippen molar-refractivity contribution < 1.29 is 18.8 Å². The molecule has 176 valence electrons. The van der Waals surface area contributed by atoms with Gasteiger partial charge < -0.3 is 20.0 Å². The van der Waals surface area contributed by atoms with Crippen molar-refractivity contribution in [3.63, 3.8) is 0 Å². The number of furan rings is 1. The van der Waals surface area contributed by atoms with Crippen LogP contribution in [0, 0.1) is 0 Å². The van der Waals surface area contributed by atoms with E-state index >= 15 is 0 Å². The zero-order valence-electron chi connectivity index (χ0n) is 19.1. The molecule has 0 radical (unpaired) electrons. The number of para-hydroxylation sites is 1. The minimum Gasteiger partial charge on any atom is -0.467 e. The molecule has 8 heteroatoms. The molecule has 1 aliphatic heterocycles. The van der Waals surface area contributed by atoms with Gasteiger partial charge in [0.1, 0.15) is 5.76 Å². The van der Waals surface area contributed by atoms with Gasteiger partial charge in [-0.25, -0.2) is 0 Å². The Bertz CT molecular complexity index is 1130. The fourth-order valence-electron chi connectivity index (χ4n) is 3.93. The van der Waals surface area contributed by atoms with Crippen LogP contribution in [0.2, 0.25) is 0 Å². The normalized spacial score (nSPS) is 14.0. The summed E-state index contributed by atoms with van der Waals surface area (Å²) in [6.45, 7) is 5.15. The van der Waals surface area contributed by atoms with E-state index in [1.54, 1.807) is 49.6 Å². The summed E-state index contributed by atoms with van der Waals surface area (Å²) in [6, 6.07) is 18.1. The van der Waals surface area contributed by atoms with Gasteiger partial charge in [-0.1, -0.05) is 12.1 Å². The predicted octanol–water partition coefficient (Wildman–Crippen LogP) is 3.17. The zero-order valence-corrected chi connectivity index (χ0v) is 19.1. The Kier molecular flexibility index (Phi) is 7.39. The van der Waals surface area contributed by atoms with Crippen LogP contribution < -0.4 is 15.5 Å². The quantitative estimate of drug-likeness (QED) is 0.502. The number of Topliss-reactive ketones (excluding diaryl/α,β-unsaturated/α-hetero) is 1. The number of benzene rings is 2. The molecule has 2 heterocycles.